The van der Waals surface area contributed by atoms with Gasteiger partial charge in [0.15, 0.2) is 5.76 Å². The molecule has 4 rings (SSSR count). The number of furan rings is 1. The summed E-state index contributed by atoms with van der Waals surface area (Å²) in [6.45, 7) is 0. The molecule has 0 saturated carbocycles. The van der Waals surface area contributed by atoms with Crippen LogP contribution in [0.1, 0.15) is 0 Å². The van der Waals surface area contributed by atoms with E-state index in [1.807, 2.05) is 30.3 Å². The van der Waals surface area contributed by atoms with Crippen molar-refractivity contribution in [3.8, 4) is 23.3 Å². The average Bonchev–Trinajstić information content (AvgIpc) is 3.24. The van der Waals surface area contributed by atoms with Crippen molar-refractivity contribution in [2.24, 2.45) is 0 Å². The van der Waals surface area contributed by atoms with Crippen molar-refractivity contribution in [3.05, 3.63) is 48.7 Å². The van der Waals surface area contributed by atoms with Gasteiger partial charge >= 0.3 is 6.01 Å². The third kappa shape index (κ3) is 2.46. The van der Waals surface area contributed by atoms with Crippen LogP contribution in [0.2, 0.25) is 0 Å². The summed E-state index contributed by atoms with van der Waals surface area (Å²) in [5, 5.41) is 7.30. The fraction of sp³-hybridized carbons (Fsp3) is 0.0667. The summed E-state index contributed by atoms with van der Waals surface area (Å²) in [6.07, 6.45) is 1.57. The van der Waals surface area contributed by atoms with Gasteiger partial charge in [0.1, 0.15) is 5.75 Å². The van der Waals surface area contributed by atoms with Crippen LogP contribution in [0.5, 0.6) is 11.8 Å². The average molecular weight is 308 g/mol. The van der Waals surface area contributed by atoms with Gasteiger partial charge in [-0.25, -0.2) is 0 Å². The van der Waals surface area contributed by atoms with Crippen molar-refractivity contribution in [2.45, 2.75) is 0 Å². The molecule has 0 aliphatic rings. The summed E-state index contributed by atoms with van der Waals surface area (Å²) in [4.78, 5) is 12.9. The van der Waals surface area contributed by atoms with Crippen molar-refractivity contribution in [3.63, 3.8) is 0 Å². The van der Waals surface area contributed by atoms with Crippen molar-refractivity contribution in [1.29, 1.82) is 0 Å². The molecular formula is C15H12N6O2. The molecule has 0 amide bonds. The fourth-order valence-corrected chi connectivity index (χ4v) is 2.08. The van der Waals surface area contributed by atoms with Gasteiger partial charge in [-0.15, -0.1) is 5.10 Å². The highest BCUT2D eigenvalue weighted by atomic mass is 16.5. The minimum absolute atomic E-state index is 0.187. The smallest absolute Gasteiger partial charge is 0.328 e. The molecule has 0 unspecified atom stereocenters. The third-order valence-corrected chi connectivity index (χ3v) is 3.11. The van der Waals surface area contributed by atoms with E-state index in [1.165, 1.54) is 4.52 Å². The normalized spacial score (nSPS) is 10.8. The number of fused-ring (bicyclic) bond motifs is 1. The Bertz CT molecular complexity index is 933. The van der Waals surface area contributed by atoms with Gasteiger partial charge in [0.05, 0.1) is 6.26 Å². The first kappa shape index (κ1) is 13.3. The molecule has 1 N–H and O–H groups in total. The zero-order valence-electron chi connectivity index (χ0n) is 12.2. The van der Waals surface area contributed by atoms with E-state index in [9.17, 15) is 0 Å². The van der Waals surface area contributed by atoms with Gasteiger partial charge in [0.2, 0.25) is 11.8 Å². The Morgan fingerprint density at radius 3 is 2.65 bits per heavy atom. The zero-order chi connectivity index (χ0) is 15.6. The number of anilines is 1. The lowest BCUT2D eigenvalue weighted by Crippen LogP contribution is -2.06. The molecule has 3 heterocycles. The second-order valence-corrected chi connectivity index (χ2v) is 4.62. The first-order valence-electron chi connectivity index (χ1n) is 6.93. The first-order chi connectivity index (χ1) is 11.3. The van der Waals surface area contributed by atoms with Crippen LogP contribution in [-0.2, 0) is 0 Å². The minimum Gasteiger partial charge on any atom is -0.461 e. The zero-order valence-corrected chi connectivity index (χ0v) is 12.2. The van der Waals surface area contributed by atoms with E-state index in [2.05, 4.69) is 25.4 Å². The van der Waals surface area contributed by atoms with Gasteiger partial charge in [-0.2, -0.15) is 19.5 Å². The Morgan fingerprint density at radius 2 is 1.91 bits per heavy atom. The highest BCUT2D eigenvalue weighted by Crippen LogP contribution is 2.21. The molecule has 114 valence electrons. The maximum Gasteiger partial charge on any atom is 0.328 e. The van der Waals surface area contributed by atoms with Gasteiger partial charge < -0.3 is 14.5 Å². The van der Waals surface area contributed by atoms with Crippen LogP contribution in [-0.4, -0.2) is 31.6 Å². The molecule has 8 nitrogen and oxygen atoms in total. The third-order valence-electron chi connectivity index (χ3n) is 3.11. The maximum absolute atomic E-state index is 5.66. The number of hydrogen-bond donors (Lipinski definition) is 1. The van der Waals surface area contributed by atoms with Crippen LogP contribution in [0.4, 0.5) is 5.95 Å². The molecule has 0 atom stereocenters. The summed E-state index contributed by atoms with van der Waals surface area (Å²) in [5.41, 5.74) is 0. The van der Waals surface area contributed by atoms with Gasteiger partial charge in [-0.1, -0.05) is 18.2 Å². The largest absolute Gasteiger partial charge is 0.461 e. The number of nitrogens with zero attached hydrogens (tertiary/aromatic N) is 5. The van der Waals surface area contributed by atoms with Crippen LogP contribution in [0.15, 0.2) is 53.1 Å². The molecule has 0 spiro atoms. The fourth-order valence-electron chi connectivity index (χ4n) is 2.08. The monoisotopic (exact) mass is 308 g/mol. The molecule has 3 aromatic heterocycles. The SMILES string of the molecule is CNc1nc(Oc2ccccc2)nc2nc(-c3ccco3)nn12. The molecular weight excluding hydrogens is 296 g/mol. The molecule has 8 heteroatoms. The summed E-state index contributed by atoms with van der Waals surface area (Å²) in [6, 6.07) is 13.0. The number of aromatic nitrogens is 5. The number of hydrogen-bond acceptors (Lipinski definition) is 7. The van der Waals surface area contributed by atoms with Crippen molar-refractivity contribution >= 4 is 11.7 Å². The number of nitrogens with one attached hydrogen (secondary N) is 1. The second kappa shape index (κ2) is 5.41. The molecule has 23 heavy (non-hydrogen) atoms. The molecule has 1 aromatic carbocycles. The maximum atomic E-state index is 5.66. The molecule has 0 saturated heterocycles. The highest BCUT2D eigenvalue weighted by molar-refractivity contribution is 5.51. The Kier molecular flexibility index (Phi) is 3.12. The lowest BCUT2D eigenvalue weighted by atomic mass is 10.3. The lowest BCUT2D eigenvalue weighted by molar-refractivity contribution is 0.441. The topological polar surface area (TPSA) is 90.4 Å². The van der Waals surface area contributed by atoms with E-state index >= 15 is 0 Å². The van der Waals surface area contributed by atoms with E-state index < -0.39 is 0 Å². The van der Waals surface area contributed by atoms with Crippen LogP contribution in [0.25, 0.3) is 17.4 Å². The number of benzene rings is 1. The van der Waals surface area contributed by atoms with Crippen molar-refractivity contribution in [1.82, 2.24) is 24.6 Å². The summed E-state index contributed by atoms with van der Waals surface area (Å²) in [5.74, 6) is 2.46. The van der Waals surface area contributed by atoms with Crippen molar-refractivity contribution < 1.29 is 9.15 Å². The summed E-state index contributed by atoms with van der Waals surface area (Å²) >= 11 is 0. The number of para-hydroxylation sites is 1. The number of rotatable bonds is 4. The summed E-state index contributed by atoms with van der Waals surface area (Å²) in [7, 11) is 1.74. The molecule has 0 aliphatic heterocycles. The Hall–Kier alpha value is -3.42. The minimum atomic E-state index is 0.187. The molecule has 0 aliphatic carbocycles. The van der Waals surface area contributed by atoms with Gasteiger partial charge in [-0.3, -0.25) is 0 Å². The second-order valence-electron chi connectivity index (χ2n) is 4.62. The summed E-state index contributed by atoms with van der Waals surface area (Å²) < 4.78 is 12.5. The Morgan fingerprint density at radius 1 is 1.04 bits per heavy atom. The van der Waals surface area contributed by atoms with Crippen molar-refractivity contribution in [2.75, 3.05) is 12.4 Å². The molecule has 4 aromatic rings. The quantitative estimate of drug-likeness (QED) is 0.619. The van der Waals surface area contributed by atoms with E-state index in [0.29, 0.717) is 29.1 Å². The van der Waals surface area contributed by atoms with Gasteiger partial charge in [-0.05, 0) is 24.3 Å². The lowest BCUT2D eigenvalue weighted by Gasteiger charge is -2.06. The van der Waals surface area contributed by atoms with E-state index in [1.54, 1.807) is 25.4 Å². The van der Waals surface area contributed by atoms with Gasteiger partial charge in [0.25, 0.3) is 5.78 Å². The van der Waals surface area contributed by atoms with Crippen LogP contribution >= 0.6 is 0 Å². The Labute approximate surface area is 130 Å². The number of ether oxygens (including phenoxy) is 1. The predicted octanol–water partition coefficient (Wildman–Crippen LogP) is 2.61. The van der Waals surface area contributed by atoms with E-state index in [4.69, 9.17) is 9.15 Å². The van der Waals surface area contributed by atoms with E-state index in [0.717, 1.165) is 0 Å². The van der Waals surface area contributed by atoms with Crippen LogP contribution in [0.3, 0.4) is 0 Å². The predicted molar refractivity (Wildman–Crippen MR) is 82.3 cm³/mol. The standard InChI is InChI=1S/C15H12N6O2/c1-16-13-18-15(23-10-6-3-2-4-7-10)19-14-17-12(20-21(13)14)11-8-5-9-22-11/h2-9H,1H3,(H,16,17,18,19,20). The first-order valence-corrected chi connectivity index (χ1v) is 6.93. The van der Waals surface area contributed by atoms with Gasteiger partial charge in [0, 0.05) is 7.05 Å². The van der Waals surface area contributed by atoms with Crippen LogP contribution < -0.4 is 10.1 Å². The Balaban J connectivity index is 1.78. The van der Waals surface area contributed by atoms with E-state index in [-0.39, 0.29) is 6.01 Å². The van der Waals surface area contributed by atoms with Crippen LogP contribution in [0, 0.1) is 0 Å². The molecule has 0 radical (unpaired) electrons. The molecule has 0 fully saturated rings. The highest BCUT2D eigenvalue weighted by Gasteiger charge is 2.15. The molecule has 0 bridgehead atoms.